The first-order valence-corrected chi connectivity index (χ1v) is 16.0. The molecule has 2 aliphatic carbocycles. The van der Waals surface area contributed by atoms with Crippen LogP contribution in [0.25, 0.3) is 0 Å². The summed E-state index contributed by atoms with van der Waals surface area (Å²) >= 11 is 0. The SMILES string of the molecule is COc1cccc(O)c1[C@H]1C2=CC[C@@H]3C(=O)N(CCC(=O)O)C(=O)[C@@H]3[C@@H]2C[C@H]2C(=O)N(Nc3ccc(C)cc3)C(=O)[C@@]12c1ccccc1. The van der Waals surface area contributed by atoms with E-state index in [1.165, 1.54) is 13.2 Å². The maximum atomic E-state index is 15.2. The van der Waals surface area contributed by atoms with E-state index in [1.807, 2.05) is 31.2 Å². The Balaban J connectivity index is 1.45. The highest BCUT2D eigenvalue weighted by Gasteiger charge is 2.71. The normalized spacial score (nSPS) is 27.7. The summed E-state index contributed by atoms with van der Waals surface area (Å²) in [7, 11) is 1.46. The number of imide groups is 2. The molecule has 1 saturated carbocycles. The Morgan fingerprint density at radius 1 is 0.938 bits per heavy atom. The number of aliphatic carboxylic acids is 1. The van der Waals surface area contributed by atoms with E-state index in [-0.39, 0.29) is 31.6 Å². The van der Waals surface area contributed by atoms with Crippen molar-refractivity contribution in [2.45, 2.75) is 37.5 Å². The number of carboxylic acid groups (broad SMARTS) is 1. The van der Waals surface area contributed by atoms with Crippen LogP contribution >= 0.6 is 0 Å². The fraction of sp³-hybridized carbons (Fsp3) is 0.324. The topological polar surface area (TPSA) is 154 Å². The number of aromatic hydroxyl groups is 1. The Hall–Kier alpha value is -5.45. The van der Waals surface area contributed by atoms with Gasteiger partial charge >= 0.3 is 5.97 Å². The van der Waals surface area contributed by atoms with Crippen molar-refractivity contribution in [3.8, 4) is 11.5 Å². The molecule has 3 fully saturated rings. The third kappa shape index (κ3) is 4.51. The molecule has 0 unspecified atom stereocenters. The van der Waals surface area contributed by atoms with Gasteiger partial charge in [-0.1, -0.05) is 65.7 Å². The number of aryl methyl sites for hydroxylation is 1. The molecule has 0 spiro atoms. The van der Waals surface area contributed by atoms with Crippen molar-refractivity contribution in [1.29, 1.82) is 0 Å². The van der Waals surface area contributed by atoms with Gasteiger partial charge in [0, 0.05) is 18.0 Å². The third-order valence-corrected chi connectivity index (χ3v) is 10.6. The quantitative estimate of drug-likeness (QED) is 0.241. The summed E-state index contributed by atoms with van der Waals surface area (Å²) in [6.45, 7) is 1.68. The molecule has 48 heavy (non-hydrogen) atoms. The standard InChI is InChI=1S/C37H35N3O8/c1-20-11-13-22(14-12-20)38-40-34(45)26-19-25-23(15-16-24-30(25)35(46)39(33(24)44)18-17-29(42)43)32(31-27(41)9-6-10-28(31)48-2)37(26,36(40)47)21-7-4-3-5-8-21/h3-15,24-26,30,32,38,41H,16-19H2,1-2H3,(H,42,43)/t24-,25+,26-,30-,32+,37+/m0/s1. The Morgan fingerprint density at radius 2 is 1.67 bits per heavy atom. The molecule has 4 amide bonds. The monoisotopic (exact) mass is 649 g/mol. The molecule has 2 heterocycles. The van der Waals surface area contributed by atoms with E-state index >= 15 is 4.79 Å². The summed E-state index contributed by atoms with van der Waals surface area (Å²) < 4.78 is 5.78. The van der Waals surface area contributed by atoms with Crippen molar-refractivity contribution < 1.29 is 38.9 Å². The largest absolute Gasteiger partial charge is 0.508 e. The van der Waals surface area contributed by atoms with E-state index in [0.717, 1.165) is 15.5 Å². The molecule has 3 N–H and O–H groups in total. The smallest absolute Gasteiger partial charge is 0.305 e. The molecule has 2 aliphatic heterocycles. The van der Waals surface area contributed by atoms with E-state index in [4.69, 9.17) is 4.74 Å². The summed E-state index contributed by atoms with van der Waals surface area (Å²) in [5, 5.41) is 21.9. The van der Waals surface area contributed by atoms with Gasteiger partial charge in [0.2, 0.25) is 11.8 Å². The second kappa shape index (κ2) is 11.7. The number of carboxylic acids is 1. The number of nitrogens with zero attached hydrogens (tertiary/aromatic N) is 2. The minimum absolute atomic E-state index is 0.0801. The highest BCUT2D eigenvalue weighted by Crippen LogP contribution is 2.65. The molecule has 4 aliphatic rings. The number of nitrogens with one attached hydrogen (secondary N) is 1. The number of methoxy groups -OCH3 is 1. The number of fused-ring (bicyclic) bond motifs is 4. The van der Waals surface area contributed by atoms with Gasteiger partial charge in [-0.05, 0) is 55.5 Å². The number of carbonyl (C=O) groups is 5. The van der Waals surface area contributed by atoms with E-state index in [1.54, 1.807) is 48.5 Å². The zero-order chi connectivity index (χ0) is 33.9. The molecule has 3 aromatic carbocycles. The first-order chi connectivity index (χ1) is 23.1. The lowest BCUT2D eigenvalue weighted by Crippen LogP contribution is -2.53. The lowest BCUT2D eigenvalue weighted by Gasteiger charge is -2.50. The molecule has 3 aromatic rings. The molecule has 0 radical (unpaired) electrons. The minimum atomic E-state index is -1.56. The van der Waals surface area contributed by atoms with Crippen LogP contribution < -0.4 is 10.2 Å². The predicted octanol–water partition coefficient (Wildman–Crippen LogP) is 4.17. The fourth-order valence-electron chi connectivity index (χ4n) is 8.55. The van der Waals surface area contributed by atoms with Crippen LogP contribution in [0.5, 0.6) is 11.5 Å². The molecular weight excluding hydrogens is 614 g/mol. The van der Waals surface area contributed by atoms with Crippen LogP contribution in [-0.2, 0) is 29.4 Å². The number of hydrazine groups is 1. The van der Waals surface area contributed by atoms with Gasteiger partial charge in [-0.25, -0.2) is 0 Å². The molecule has 2 saturated heterocycles. The average Bonchev–Trinajstić information content (AvgIpc) is 3.45. The Morgan fingerprint density at radius 3 is 2.35 bits per heavy atom. The summed E-state index contributed by atoms with van der Waals surface area (Å²) in [6, 6.07) is 21.1. The maximum Gasteiger partial charge on any atom is 0.305 e. The van der Waals surface area contributed by atoms with E-state index in [2.05, 4.69) is 5.43 Å². The number of anilines is 1. The number of carbonyl (C=O) groups excluding carboxylic acids is 4. The van der Waals surface area contributed by atoms with Gasteiger partial charge in [0.25, 0.3) is 11.8 Å². The van der Waals surface area contributed by atoms with Crippen LogP contribution in [-0.4, -0.2) is 63.4 Å². The van der Waals surface area contributed by atoms with Crippen molar-refractivity contribution in [3.05, 3.63) is 101 Å². The second-order valence-electron chi connectivity index (χ2n) is 13.0. The van der Waals surface area contributed by atoms with Crippen molar-refractivity contribution in [1.82, 2.24) is 9.91 Å². The van der Waals surface area contributed by atoms with Gasteiger partial charge in [0.1, 0.15) is 11.5 Å². The van der Waals surface area contributed by atoms with Crippen LogP contribution in [0.4, 0.5) is 5.69 Å². The average molecular weight is 650 g/mol. The number of hydrogen-bond acceptors (Lipinski definition) is 8. The molecule has 6 atom stereocenters. The van der Waals surface area contributed by atoms with Gasteiger partial charge in [0.05, 0.1) is 42.4 Å². The maximum absolute atomic E-state index is 15.2. The van der Waals surface area contributed by atoms with Gasteiger partial charge in [-0.2, -0.15) is 5.01 Å². The first-order valence-electron chi connectivity index (χ1n) is 16.0. The Bertz CT molecular complexity index is 1870. The number of hydrogen-bond donors (Lipinski definition) is 3. The minimum Gasteiger partial charge on any atom is -0.508 e. The van der Waals surface area contributed by atoms with Gasteiger partial charge in [-0.15, -0.1) is 0 Å². The number of ether oxygens (including phenoxy) is 1. The second-order valence-corrected chi connectivity index (χ2v) is 13.0. The summed E-state index contributed by atoms with van der Waals surface area (Å²) in [6.07, 6.45) is 1.76. The van der Waals surface area contributed by atoms with E-state index in [9.17, 15) is 29.4 Å². The number of phenolic OH excluding ortho intramolecular Hbond substituents is 1. The van der Waals surface area contributed by atoms with Gasteiger partial charge in [-0.3, -0.25) is 34.3 Å². The molecular formula is C37H35N3O8. The van der Waals surface area contributed by atoms with E-state index < -0.39 is 64.6 Å². The number of phenols is 1. The molecule has 11 heteroatoms. The number of allylic oxidation sites excluding steroid dienone is 2. The van der Waals surface area contributed by atoms with E-state index in [0.29, 0.717) is 28.1 Å². The van der Waals surface area contributed by atoms with Crippen molar-refractivity contribution in [2.75, 3.05) is 19.1 Å². The highest BCUT2D eigenvalue weighted by atomic mass is 16.5. The third-order valence-electron chi connectivity index (χ3n) is 10.6. The Labute approximate surface area is 276 Å². The molecule has 11 nitrogen and oxygen atoms in total. The highest BCUT2D eigenvalue weighted by molar-refractivity contribution is 6.13. The fourth-order valence-corrected chi connectivity index (χ4v) is 8.55. The number of likely N-dealkylation sites (tertiary alicyclic amines) is 1. The number of amides is 4. The lowest BCUT2D eigenvalue weighted by atomic mass is 9.49. The van der Waals surface area contributed by atoms with Crippen molar-refractivity contribution in [2.24, 2.45) is 23.7 Å². The van der Waals surface area contributed by atoms with Gasteiger partial charge in [0.15, 0.2) is 0 Å². The summed E-state index contributed by atoms with van der Waals surface area (Å²) in [4.78, 5) is 69.8. The van der Waals surface area contributed by atoms with Crippen LogP contribution in [0.2, 0.25) is 0 Å². The predicted molar refractivity (Wildman–Crippen MR) is 172 cm³/mol. The first kappa shape index (κ1) is 31.2. The van der Waals surface area contributed by atoms with Crippen molar-refractivity contribution in [3.63, 3.8) is 0 Å². The summed E-state index contributed by atoms with van der Waals surface area (Å²) in [5.41, 5.74) is 4.55. The zero-order valence-electron chi connectivity index (χ0n) is 26.5. The lowest BCUT2D eigenvalue weighted by molar-refractivity contribution is -0.143. The van der Waals surface area contributed by atoms with Crippen LogP contribution in [0, 0.1) is 30.6 Å². The summed E-state index contributed by atoms with van der Waals surface area (Å²) in [5.74, 6) is -7.10. The van der Waals surface area contributed by atoms with Crippen LogP contribution in [0.1, 0.15) is 41.9 Å². The van der Waals surface area contributed by atoms with Crippen LogP contribution in [0.15, 0.2) is 84.4 Å². The molecule has 0 aromatic heterocycles. The number of benzene rings is 3. The number of rotatable bonds is 8. The van der Waals surface area contributed by atoms with Gasteiger partial charge < -0.3 is 14.9 Å². The molecule has 7 rings (SSSR count). The van der Waals surface area contributed by atoms with Crippen molar-refractivity contribution >= 4 is 35.3 Å². The molecule has 246 valence electrons. The van der Waals surface area contributed by atoms with Crippen LogP contribution in [0.3, 0.4) is 0 Å². The molecule has 0 bridgehead atoms. The zero-order valence-corrected chi connectivity index (χ0v) is 26.5. The Kier molecular flexibility index (Phi) is 7.57.